The van der Waals surface area contributed by atoms with Crippen molar-refractivity contribution in [3.63, 3.8) is 0 Å². The molecular formula is C17H22INS. The number of halogens is 1. The van der Waals surface area contributed by atoms with E-state index in [9.17, 15) is 0 Å². The summed E-state index contributed by atoms with van der Waals surface area (Å²) in [6, 6.07) is 11.5. The smallest absolute Gasteiger partial charge is 0.0334 e. The molecule has 0 bridgehead atoms. The summed E-state index contributed by atoms with van der Waals surface area (Å²) in [5.41, 5.74) is 2.83. The van der Waals surface area contributed by atoms with Crippen LogP contribution in [-0.4, -0.2) is 6.54 Å². The van der Waals surface area contributed by atoms with E-state index in [0.29, 0.717) is 6.04 Å². The molecule has 108 valence electrons. The molecule has 2 rings (SSSR count). The quantitative estimate of drug-likeness (QED) is 0.621. The highest BCUT2D eigenvalue weighted by molar-refractivity contribution is 14.1. The molecule has 1 heterocycles. The van der Waals surface area contributed by atoms with Gasteiger partial charge in [-0.2, -0.15) is 0 Å². The molecule has 0 saturated heterocycles. The van der Waals surface area contributed by atoms with Gasteiger partial charge in [-0.25, -0.2) is 0 Å². The minimum absolute atomic E-state index is 0.462. The zero-order valence-electron chi connectivity index (χ0n) is 12.2. The highest BCUT2D eigenvalue weighted by atomic mass is 127. The van der Waals surface area contributed by atoms with Gasteiger partial charge in [0.2, 0.25) is 0 Å². The standard InChI is InChI=1S/C17H22INS/c1-3-11-19-16(10-9-14-7-5-12-20-14)15-8-4-6-13(2)17(15)18/h4-8,12,16,19H,3,9-11H2,1-2H3. The molecule has 0 radical (unpaired) electrons. The van der Waals surface area contributed by atoms with Crippen LogP contribution in [0.3, 0.4) is 0 Å². The number of benzene rings is 1. The number of nitrogens with one attached hydrogen (secondary N) is 1. The molecule has 0 aliphatic rings. The van der Waals surface area contributed by atoms with E-state index < -0.39 is 0 Å². The first-order chi connectivity index (χ1) is 9.72. The van der Waals surface area contributed by atoms with E-state index in [4.69, 9.17) is 0 Å². The average Bonchev–Trinajstić information content (AvgIpc) is 2.96. The fourth-order valence-electron chi connectivity index (χ4n) is 2.37. The zero-order chi connectivity index (χ0) is 14.4. The predicted molar refractivity (Wildman–Crippen MR) is 97.6 cm³/mol. The lowest BCUT2D eigenvalue weighted by Gasteiger charge is -2.21. The van der Waals surface area contributed by atoms with Crippen LogP contribution in [0.2, 0.25) is 0 Å². The lowest BCUT2D eigenvalue weighted by Crippen LogP contribution is -2.23. The topological polar surface area (TPSA) is 12.0 Å². The van der Waals surface area contributed by atoms with Crippen molar-refractivity contribution in [1.82, 2.24) is 5.32 Å². The van der Waals surface area contributed by atoms with E-state index in [1.165, 1.54) is 32.4 Å². The third-order valence-corrected chi connectivity index (χ3v) is 5.91. The van der Waals surface area contributed by atoms with Gasteiger partial charge < -0.3 is 5.32 Å². The number of rotatable bonds is 7. The molecule has 1 aromatic heterocycles. The molecule has 0 aliphatic carbocycles. The van der Waals surface area contributed by atoms with Crippen LogP contribution in [-0.2, 0) is 6.42 Å². The highest BCUT2D eigenvalue weighted by Crippen LogP contribution is 2.27. The Hall–Kier alpha value is -0.390. The van der Waals surface area contributed by atoms with Gasteiger partial charge in [0.25, 0.3) is 0 Å². The lowest BCUT2D eigenvalue weighted by atomic mass is 9.99. The van der Waals surface area contributed by atoms with Crippen molar-refractivity contribution >= 4 is 33.9 Å². The zero-order valence-corrected chi connectivity index (χ0v) is 15.1. The van der Waals surface area contributed by atoms with Crippen molar-refractivity contribution < 1.29 is 0 Å². The Balaban J connectivity index is 2.11. The number of aryl methyl sites for hydroxylation is 2. The Labute approximate surface area is 139 Å². The Morgan fingerprint density at radius 1 is 1.25 bits per heavy atom. The van der Waals surface area contributed by atoms with Crippen molar-refractivity contribution in [1.29, 1.82) is 0 Å². The van der Waals surface area contributed by atoms with Gasteiger partial charge in [0.1, 0.15) is 0 Å². The van der Waals surface area contributed by atoms with E-state index >= 15 is 0 Å². The fourth-order valence-corrected chi connectivity index (χ4v) is 3.83. The number of hydrogen-bond donors (Lipinski definition) is 1. The van der Waals surface area contributed by atoms with Gasteiger partial charge in [-0.15, -0.1) is 11.3 Å². The van der Waals surface area contributed by atoms with Crippen LogP contribution in [0.25, 0.3) is 0 Å². The van der Waals surface area contributed by atoms with Crippen LogP contribution < -0.4 is 5.32 Å². The first-order valence-electron chi connectivity index (χ1n) is 7.23. The van der Waals surface area contributed by atoms with Gasteiger partial charge in [-0.05, 0) is 77.9 Å². The minimum Gasteiger partial charge on any atom is -0.310 e. The summed E-state index contributed by atoms with van der Waals surface area (Å²) < 4.78 is 1.41. The summed E-state index contributed by atoms with van der Waals surface area (Å²) in [6.45, 7) is 5.51. The maximum atomic E-state index is 3.72. The summed E-state index contributed by atoms with van der Waals surface area (Å²) >= 11 is 4.35. The molecule has 1 N–H and O–H groups in total. The minimum atomic E-state index is 0.462. The number of thiophene rings is 1. The monoisotopic (exact) mass is 399 g/mol. The third-order valence-electron chi connectivity index (χ3n) is 3.50. The number of hydrogen-bond acceptors (Lipinski definition) is 2. The van der Waals surface area contributed by atoms with E-state index in [-0.39, 0.29) is 0 Å². The van der Waals surface area contributed by atoms with Crippen LogP contribution in [0.5, 0.6) is 0 Å². The summed E-state index contributed by atoms with van der Waals surface area (Å²) in [5, 5.41) is 5.88. The van der Waals surface area contributed by atoms with Gasteiger partial charge in [0.05, 0.1) is 0 Å². The van der Waals surface area contributed by atoms with Gasteiger partial charge >= 0.3 is 0 Å². The van der Waals surface area contributed by atoms with Crippen molar-refractivity contribution in [2.45, 2.75) is 39.2 Å². The molecular weight excluding hydrogens is 377 g/mol. The van der Waals surface area contributed by atoms with Gasteiger partial charge in [0, 0.05) is 14.5 Å². The molecule has 1 unspecified atom stereocenters. The van der Waals surface area contributed by atoms with Crippen molar-refractivity contribution in [2.75, 3.05) is 6.54 Å². The summed E-state index contributed by atoms with van der Waals surface area (Å²) in [7, 11) is 0. The second-order valence-electron chi connectivity index (χ2n) is 5.10. The Morgan fingerprint density at radius 3 is 2.80 bits per heavy atom. The first kappa shape index (κ1) is 16.0. The van der Waals surface area contributed by atoms with Crippen molar-refractivity contribution in [3.05, 3.63) is 55.3 Å². The maximum Gasteiger partial charge on any atom is 0.0334 e. The largest absolute Gasteiger partial charge is 0.310 e. The summed E-state index contributed by atoms with van der Waals surface area (Å²) in [4.78, 5) is 1.48. The van der Waals surface area contributed by atoms with E-state index in [2.05, 4.69) is 77.5 Å². The Morgan fingerprint density at radius 2 is 2.10 bits per heavy atom. The Kier molecular flexibility index (Phi) is 6.52. The van der Waals surface area contributed by atoms with Gasteiger partial charge in [-0.3, -0.25) is 0 Å². The second kappa shape index (κ2) is 8.15. The van der Waals surface area contributed by atoms with E-state index in [0.717, 1.165) is 13.0 Å². The molecule has 0 amide bonds. The van der Waals surface area contributed by atoms with Gasteiger partial charge in [0.15, 0.2) is 0 Å². The maximum absolute atomic E-state index is 3.72. The SMILES string of the molecule is CCCNC(CCc1cccs1)c1cccc(C)c1I. The van der Waals surface area contributed by atoms with Crippen LogP contribution in [0, 0.1) is 10.5 Å². The van der Waals surface area contributed by atoms with Crippen LogP contribution in [0.15, 0.2) is 35.7 Å². The molecule has 2 aromatic rings. The predicted octanol–water partition coefficient (Wildman–Crippen LogP) is 5.33. The van der Waals surface area contributed by atoms with E-state index in [1.807, 2.05) is 11.3 Å². The fraction of sp³-hybridized carbons (Fsp3) is 0.412. The molecule has 1 nitrogen and oxygen atoms in total. The summed E-state index contributed by atoms with van der Waals surface area (Å²) in [6.07, 6.45) is 3.50. The normalized spacial score (nSPS) is 12.6. The molecule has 1 aromatic carbocycles. The second-order valence-corrected chi connectivity index (χ2v) is 7.21. The lowest BCUT2D eigenvalue weighted by molar-refractivity contribution is 0.499. The third kappa shape index (κ3) is 4.30. The molecule has 1 atom stereocenters. The summed E-state index contributed by atoms with van der Waals surface area (Å²) in [5.74, 6) is 0. The molecule has 0 saturated carbocycles. The van der Waals surface area contributed by atoms with Crippen molar-refractivity contribution in [2.24, 2.45) is 0 Å². The van der Waals surface area contributed by atoms with Gasteiger partial charge in [-0.1, -0.05) is 31.2 Å². The Bertz CT molecular complexity index is 522. The molecule has 0 spiro atoms. The first-order valence-corrected chi connectivity index (χ1v) is 9.19. The molecule has 20 heavy (non-hydrogen) atoms. The highest BCUT2D eigenvalue weighted by Gasteiger charge is 2.15. The molecule has 0 aliphatic heterocycles. The molecule has 3 heteroatoms. The van der Waals surface area contributed by atoms with Crippen LogP contribution in [0.4, 0.5) is 0 Å². The molecule has 0 fully saturated rings. The van der Waals surface area contributed by atoms with Crippen LogP contribution in [0.1, 0.15) is 41.8 Å². The average molecular weight is 399 g/mol. The van der Waals surface area contributed by atoms with Crippen LogP contribution >= 0.6 is 33.9 Å². The van der Waals surface area contributed by atoms with Crippen molar-refractivity contribution in [3.8, 4) is 0 Å². The van der Waals surface area contributed by atoms with E-state index in [1.54, 1.807) is 0 Å².